The molecule has 0 bridgehead atoms. The Hall–Kier alpha value is -0.0800. The van der Waals surface area contributed by atoms with Gasteiger partial charge in [0.05, 0.1) is 0 Å². The first-order valence-corrected chi connectivity index (χ1v) is 4.13. The Labute approximate surface area is 63.6 Å². The smallest absolute Gasteiger partial charge is 0.0243 e. The van der Waals surface area contributed by atoms with Crippen molar-refractivity contribution in [2.45, 2.75) is 31.8 Å². The van der Waals surface area contributed by atoms with Crippen molar-refractivity contribution in [1.82, 2.24) is 10.2 Å². The number of hydrogen-bond donors (Lipinski definition) is 1. The molecule has 60 valence electrons. The van der Waals surface area contributed by atoms with E-state index in [4.69, 9.17) is 0 Å². The van der Waals surface area contributed by atoms with Gasteiger partial charge in [0, 0.05) is 12.1 Å². The fraction of sp³-hybridized carbons (Fsp3) is 1.00. The average Bonchev–Trinajstić information content (AvgIpc) is 2.34. The van der Waals surface area contributed by atoms with Gasteiger partial charge < -0.3 is 10.2 Å². The first kappa shape index (κ1) is 8.02. The maximum Gasteiger partial charge on any atom is 0.0243 e. The van der Waals surface area contributed by atoms with E-state index < -0.39 is 0 Å². The lowest BCUT2D eigenvalue weighted by atomic mass is 10.1. The minimum Gasteiger partial charge on any atom is -0.316 e. The van der Waals surface area contributed by atoms with E-state index >= 15 is 0 Å². The Bertz CT molecular complexity index is 103. The van der Waals surface area contributed by atoms with Crippen molar-refractivity contribution in [1.29, 1.82) is 0 Å². The average molecular weight is 142 g/mol. The van der Waals surface area contributed by atoms with E-state index in [1.165, 1.54) is 19.4 Å². The number of likely N-dealkylation sites (N-methyl/N-ethyl adjacent to an activating group) is 2. The van der Waals surface area contributed by atoms with Gasteiger partial charge >= 0.3 is 0 Å². The molecule has 1 rings (SSSR count). The maximum atomic E-state index is 3.30. The normalized spacial score (nSPS) is 30.9. The van der Waals surface area contributed by atoms with Crippen LogP contribution in [0.25, 0.3) is 0 Å². The van der Waals surface area contributed by atoms with Crippen molar-refractivity contribution in [2.24, 2.45) is 0 Å². The predicted octanol–water partition coefficient (Wildman–Crippen LogP) is 0.689. The van der Waals surface area contributed by atoms with Crippen LogP contribution < -0.4 is 5.32 Å². The number of likely N-dealkylation sites (tertiary alicyclic amines) is 1. The third kappa shape index (κ3) is 1.50. The van der Waals surface area contributed by atoms with Crippen molar-refractivity contribution in [3.63, 3.8) is 0 Å². The van der Waals surface area contributed by atoms with Crippen molar-refractivity contribution in [2.75, 3.05) is 20.6 Å². The van der Waals surface area contributed by atoms with E-state index in [-0.39, 0.29) is 0 Å². The van der Waals surface area contributed by atoms with Crippen LogP contribution in [0.5, 0.6) is 0 Å². The lowest BCUT2D eigenvalue weighted by Gasteiger charge is -2.25. The van der Waals surface area contributed by atoms with Crippen molar-refractivity contribution >= 4 is 0 Å². The van der Waals surface area contributed by atoms with Crippen molar-refractivity contribution in [3.8, 4) is 0 Å². The molecule has 0 aromatic heterocycles. The fourth-order valence-electron chi connectivity index (χ4n) is 1.76. The zero-order valence-electron chi connectivity index (χ0n) is 7.22. The molecule has 2 atom stereocenters. The zero-order chi connectivity index (χ0) is 7.56. The molecular weight excluding hydrogens is 124 g/mol. The topological polar surface area (TPSA) is 15.3 Å². The lowest BCUT2D eigenvalue weighted by Crippen LogP contribution is -2.41. The number of nitrogens with zero attached hydrogens (tertiary/aromatic N) is 1. The van der Waals surface area contributed by atoms with Crippen molar-refractivity contribution < 1.29 is 0 Å². The Morgan fingerprint density at radius 1 is 1.60 bits per heavy atom. The molecule has 10 heavy (non-hydrogen) atoms. The monoisotopic (exact) mass is 142 g/mol. The van der Waals surface area contributed by atoms with Crippen LogP contribution in [0.1, 0.15) is 19.8 Å². The third-order valence-electron chi connectivity index (χ3n) is 2.61. The summed E-state index contributed by atoms with van der Waals surface area (Å²) in [6.07, 6.45) is 2.73. The predicted molar refractivity (Wildman–Crippen MR) is 44.2 cm³/mol. The van der Waals surface area contributed by atoms with Crippen LogP contribution in [-0.2, 0) is 0 Å². The van der Waals surface area contributed by atoms with Crippen LogP contribution in [0.3, 0.4) is 0 Å². The summed E-state index contributed by atoms with van der Waals surface area (Å²) in [7, 11) is 4.25. The molecule has 1 saturated heterocycles. The van der Waals surface area contributed by atoms with Gasteiger partial charge in [-0.2, -0.15) is 0 Å². The third-order valence-corrected chi connectivity index (χ3v) is 2.61. The molecule has 0 aliphatic carbocycles. The molecule has 1 heterocycles. The highest BCUT2D eigenvalue weighted by molar-refractivity contribution is 4.83. The molecule has 0 spiro atoms. The SMILES string of the molecule is CN[C@H](C)[C@H]1CCCN1C. The summed E-state index contributed by atoms with van der Waals surface area (Å²) < 4.78 is 0. The summed E-state index contributed by atoms with van der Waals surface area (Å²) in [5.74, 6) is 0. The largest absolute Gasteiger partial charge is 0.316 e. The van der Waals surface area contributed by atoms with Gasteiger partial charge in [-0.1, -0.05) is 0 Å². The maximum absolute atomic E-state index is 3.30. The summed E-state index contributed by atoms with van der Waals surface area (Å²) in [4.78, 5) is 2.45. The first-order chi connectivity index (χ1) is 4.75. The highest BCUT2D eigenvalue weighted by Gasteiger charge is 2.24. The van der Waals surface area contributed by atoms with Gasteiger partial charge in [-0.15, -0.1) is 0 Å². The summed E-state index contributed by atoms with van der Waals surface area (Å²) in [5.41, 5.74) is 0. The highest BCUT2D eigenvalue weighted by atomic mass is 15.2. The summed E-state index contributed by atoms with van der Waals surface area (Å²) >= 11 is 0. The van der Waals surface area contributed by atoms with E-state index in [9.17, 15) is 0 Å². The zero-order valence-corrected chi connectivity index (χ0v) is 7.22. The van der Waals surface area contributed by atoms with Gasteiger partial charge in [-0.25, -0.2) is 0 Å². The lowest BCUT2D eigenvalue weighted by molar-refractivity contribution is 0.261. The van der Waals surface area contributed by atoms with Gasteiger partial charge in [-0.05, 0) is 40.4 Å². The van der Waals surface area contributed by atoms with E-state index in [1.54, 1.807) is 0 Å². The second kappa shape index (κ2) is 3.35. The fourth-order valence-corrected chi connectivity index (χ4v) is 1.76. The Kier molecular flexibility index (Phi) is 2.69. The molecule has 0 radical (unpaired) electrons. The summed E-state index contributed by atoms with van der Waals surface area (Å²) in [6.45, 7) is 3.53. The van der Waals surface area contributed by atoms with Crippen LogP contribution in [0, 0.1) is 0 Å². The Morgan fingerprint density at radius 3 is 2.70 bits per heavy atom. The second-order valence-electron chi connectivity index (χ2n) is 3.27. The van der Waals surface area contributed by atoms with Crippen LogP contribution >= 0.6 is 0 Å². The van der Waals surface area contributed by atoms with Crippen LogP contribution in [-0.4, -0.2) is 37.6 Å². The van der Waals surface area contributed by atoms with Crippen LogP contribution in [0.15, 0.2) is 0 Å². The Morgan fingerprint density at radius 2 is 2.30 bits per heavy atom. The second-order valence-corrected chi connectivity index (χ2v) is 3.27. The van der Waals surface area contributed by atoms with Gasteiger partial charge in [-0.3, -0.25) is 0 Å². The van der Waals surface area contributed by atoms with Gasteiger partial charge in [0.1, 0.15) is 0 Å². The number of hydrogen-bond acceptors (Lipinski definition) is 2. The minimum atomic E-state index is 0.646. The molecule has 0 saturated carbocycles. The molecule has 0 unspecified atom stereocenters. The Balaban J connectivity index is 2.38. The first-order valence-electron chi connectivity index (χ1n) is 4.13. The molecule has 1 fully saturated rings. The van der Waals surface area contributed by atoms with E-state index in [1.807, 2.05) is 7.05 Å². The molecular formula is C8H18N2. The minimum absolute atomic E-state index is 0.646. The molecule has 0 aromatic rings. The standard InChI is InChI=1S/C8H18N2/c1-7(9-2)8-5-4-6-10(8)3/h7-9H,4-6H2,1-3H3/t7-,8-/m1/s1. The summed E-state index contributed by atoms with van der Waals surface area (Å²) in [5, 5.41) is 3.30. The van der Waals surface area contributed by atoms with Gasteiger partial charge in [0.25, 0.3) is 0 Å². The van der Waals surface area contributed by atoms with Crippen LogP contribution in [0.2, 0.25) is 0 Å². The van der Waals surface area contributed by atoms with Gasteiger partial charge in [0.2, 0.25) is 0 Å². The number of nitrogens with one attached hydrogen (secondary N) is 1. The number of rotatable bonds is 2. The highest BCUT2D eigenvalue weighted by Crippen LogP contribution is 2.17. The molecule has 1 N–H and O–H groups in total. The van der Waals surface area contributed by atoms with E-state index in [2.05, 4.69) is 24.2 Å². The van der Waals surface area contributed by atoms with E-state index in [0.29, 0.717) is 6.04 Å². The van der Waals surface area contributed by atoms with E-state index in [0.717, 1.165) is 6.04 Å². The molecule has 1 aliphatic rings. The molecule has 0 aromatic carbocycles. The quantitative estimate of drug-likeness (QED) is 0.610. The molecule has 0 amide bonds. The molecule has 1 aliphatic heterocycles. The molecule has 2 nitrogen and oxygen atoms in total. The molecule has 2 heteroatoms. The van der Waals surface area contributed by atoms with Crippen LogP contribution in [0.4, 0.5) is 0 Å². The van der Waals surface area contributed by atoms with Gasteiger partial charge in [0.15, 0.2) is 0 Å². The van der Waals surface area contributed by atoms with Crippen molar-refractivity contribution in [3.05, 3.63) is 0 Å². The summed E-state index contributed by atoms with van der Waals surface area (Å²) in [6, 6.07) is 1.41.